The number of hydrogen-bond donors (Lipinski definition) is 0. The molecule has 0 fully saturated rings. The van der Waals surface area contributed by atoms with Crippen LogP contribution in [0, 0.1) is 0 Å². The Balaban J connectivity index is 2.88. The fraction of sp³-hybridized carbons (Fsp3) is 0.200. The Morgan fingerprint density at radius 1 is 1.56 bits per heavy atom. The SMILES string of the molecule is C=CCc1ccncc1OC(=O)C(Cl)(Cl)Cl. The molecule has 0 aliphatic heterocycles. The fourth-order valence-corrected chi connectivity index (χ4v) is 1.10. The first-order chi connectivity index (χ1) is 7.45. The van der Waals surface area contributed by atoms with Crippen molar-refractivity contribution in [3.63, 3.8) is 0 Å². The lowest BCUT2D eigenvalue weighted by atomic mass is 10.2. The number of carbonyl (C=O) groups is 1. The van der Waals surface area contributed by atoms with Crippen LogP contribution < -0.4 is 4.74 Å². The topological polar surface area (TPSA) is 39.2 Å². The highest BCUT2D eigenvalue weighted by atomic mass is 35.6. The van der Waals surface area contributed by atoms with Gasteiger partial charge in [-0.05, 0) is 12.5 Å². The number of pyridine rings is 1. The fourth-order valence-electron chi connectivity index (χ4n) is 0.983. The number of aromatic nitrogens is 1. The van der Waals surface area contributed by atoms with Crippen molar-refractivity contribution in [2.45, 2.75) is 10.2 Å². The van der Waals surface area contributed by atoms with Gasteiger partial charge in [-0.25, -0.2) is 4.79 Å². The number of rotatable bonds is 3. The van der Waals surface area contributed by atoms with Gasteiger partial charge in [0.2, 0.25) is 0 Å². The lowest BCUT2D eigenvalue weighted by Crippen LogP contribution is -2.25. The zero-order valence-corrected chi connectivity index (χ0v) is 10.4. The summed E-state index contributed by atoms with van der Waals surface area (Å²) in [5.74, 6) is -0.700. The molecule has 0 amide bonds. The zero-order valence-electron chi connectivity index (χ0n) is 8.12. The van der Waals surface area contributed by atoms with Crippen LogP contribution in [0.2, 0.25) is 0 Å². The van der Waals surface area contributed by atoms with E-state index in [1.165, 1.54) is 6.20 Å². The van der Waals surface area contributed by atoms with Gasteiger partial charge in [0.05, 0.1) is 6.20 Å². The van der Waals surface area contributed by atoms with Crippen molar-refractivity contribution in [1.29, 1.82) is 0 Å². The van der Waals surface area contributed by atoms with Crippen molar-refractivity contribution in [2.24, 2.45) is 0 Å². The number of hydrogen-bond acceptors (Lipinski definition) is 3. The molecule has 0 bridgehead atoms. The van der Waals surface area contributed by atoms with Gasteiger partial charge in [0, 0.05) is 11.8 Å². The van der Waals surface area contributed by atoms with Crippen LogP contribution >= 0.6 is 34.8 Å². The molecule has 0 radical (unpaired) electrons. The monoisotopic (exact) mass is 279 g/mol. The highest BCUT2D eigenvalue weighted by Gasteiger charge is 2.33. The Hall–Kier alpha value is -0.770. The second-order valence-electron chi connectivity index (χ2n) is 2.86. The molecule has 1 rings (SSSR count). The Bertz CT molecular complexity index is 401. The third-order valence-electron chi connectivity index (χ3n) is 1.67. The summed E-state index contributed by atoms with van der Waals surface area (Å²) in [4.78, 5) is 15.1. The summed E-state index contributed by atoms with van der Waals surface area (Å²) >= 11 is 16.1. The van der Waals surface area contributed by atoms with Gasteiger partial charge in [0.25, 0.3) is 3.79 Å². The average Bonchev–Trinajstić information content (AvgIpc) is 2.20. The quantitative estimate of drug-likeness (QED) is 0.485. The summed E-state index contributed by atoms with van der Waals surface area (Å²) in [5.41, 5.74) is 0.743. The minimum Gasteiger partial charge on any atom is -0.421 e. The standard InChI is InChI=1S/C10H8Cl3NO2/c1-2-3-7-4-5-14-6-8(7)16-9(15)10(11,12)13/h2,4-6H,1,3H2. The van der Waals surface area contributed by atoms with Gasteiger partial charge >= 0.3 is 5.97 Å². The van der Waals surface area contributed by atoms with E-state index in [2.05, 4.69) is 11.6 Å². The van der Waals surface area contributed by atoms with Crippen LogP contribution in [-0.2, 0) is 11.2 Å². The molecule has 1 heterocycles. The summed E-state index contributed by atoms with van der Waals surface area (Å²) < 4.78 is 2.82. The largest absolute Gasteiger partial charge is 0.421 e. The molecule has 6 heteroatoms. The van der Waals surface area contributed by atoms with Gasteiger partial charge in [-0.15, -0.1) is 6.58 Å². The number of allylic oxidation sites excluding steroid dienone is 1. The number of ether oxygens (including phenoxy) is 1. The van der Waals surface area contributed by atoms with E-state index in [9.17, 15) is 4.79 Å². The second-order valence-corrected chi connectivity index (χ2v) is 5.14. The number of nitrogens with zero attached hydrogens (tertiary/aromatic N) is 1. The van der Waals surface area contributed by atoms with E-state index in [4.69, 9.17) is 39.5 Å². The summed E-state index contributed by atoms with van der Waals surface area (Å²) in [6.45, 7) is 3.59. The summed E-state index contributed by atoms with van der Waals surface area (Å²) in [7, 11) is 0. The molecule has 0 saturated carbocycles. The van der Waals surface area contributed by atoms with Gasteiger partial charge in [-0.3, -0.25) is 4.98 Å². The maximum Gasteiger partial charge on any atom is 0.363 e. The van der Waals surface area contributed by atoms with Crippen LogP contribution in [-0.4, -0.2) is 14.7 Å². The van der Waals surface area contributed by atoms with Crippen molar-refractivity contribution < 1.29 is 9.53 Å². The van der Waals surface area contributed by atoms with Gasteiger partial charge in [-0.2, -0.15) is 0 Å². The molecule has 0 aliphatic rings. The average molecular weight is 281 g/mol. The molecule has 0 atom stereocenters. The first-order valence-corrected chi connectivity index (χ1v) is 5.41. The Kier molecular flexibility index (Phi) is 4.59. The lowest BCUT2D eigenvalue weighted by Gasteiger charge is -2.12. The maximum atomic E-state index is 11.3. The van der Waals surface area contributed by atoms with Crippen molar-refractivity contribution >= 4 is 40.8 Å². The first kappa shape index (κ1) is 13.3. The molecular weight excluding hydrogens is 272 g/mol. The second kappa shape index (κ2) is 5.53. The number of halogens is 3. The molecular formula is C10H8Cl3NO2. The molecule has 0 spiro atoms. The Morgan fingerprint density at radius 3 is 2.81 bits per heavy atom. The Morgan fingerprint density at radius 2 is 2.25 bits per heavy atom. The van der Waals surface area contributed by atoms with Gasteiger partial charge in [0.1, 0.15) is 0 Å². The third-order valence-corrected chi connectivity index (χ3v) is 2.13. The highest BCUT2D eigenvalue weighted by molar-refractivity contribution is 6.75. The van der Waals surface area contributed by atoms with Crippen LogP contribution in [0.1, 0.15) is 5.56 Å². The number of esters is 1. The van der Waals surface area contributed by atoms with E-state index in [0.29, 0.717) is 6.42 Å². The predicted octanol–water partition coefficient (Wildman–Crippen LogP) is 3.09. The van der Waals surface area contributed by atoms with Crippen molar-refractivity contribution in [2.75, 3.05) is 0 Å². The van der Waals surface area contributed by atoms with E-state index >= 15 is 0 Å². The van der Waals surface area contributed by atoms with E-state index in [1.807, 2.05) is 0 Å². The molecule has 1 aromatic rings. The molecule has 16 heavy (non-hydrogen) atoms. The van der Waals surface area contributed by atoms with Crippen molar-refractivity contribution in [3.8, 4) is 5.75 Å². The first-order valence-electron chi connectivity index (χ1n) is 4.28. The molecule has 0 saturated heterocycles. The van der Waals surface area contributed by atoms with Crippen LogP contribution in [0.4, 0.5) is 0 Å². The van der Waals surface area contributed by atoms with Crippen LogP contribution in [0.5, 0.6) is 5.75 Å². The lowest BCUT2D eigenvalue weighted by molar-refractivity contribution is -0.133. The minimum absolute atomic E-state index is 0.263. The predicted molar refractivity (Wildman–Crippen MR) is 64.1 cm³/mol. The van der Waals surface area contributed by atoms with Gasteiger partial charge in [-0.1, -0.05) is 40.9 Å². The Labute approximate surface area is 108 Å². The molecule has 1 aromatic heterocycles. The molecule has 3 nitrogen and oxygen atoms in total. The number of carbonyl (C=O) groups excluding carboxylic acids is 1. The van der Waals surface area contributed by atoms with E-state index in [1.54, 1.807) is 18.3 Å². The van der Waals surface area contributed by atoms with Crippen LogP contribution in [0.3, 0.4) is 0 Å². The van der Waals surface area contributed by atoms with E-state index < -0.39 is 9.76 Å². The third kappa shape index (κ3) is 3.67. The summed E-state index contributed by atoms with van der Waals surface area (Å²) in [5, 5.41) is 0. The summed E-state index contributed by atoms with van der Waals surface area (Å²) in [6, 6.07) is 1.70. The van der Waals surface area contributed by atoms with E-state index in [-0.39, 0.29) is 5.75 Å². The number of alkyl halides is 3. The van der Waals surface area contributed by atoms with Crippen molar-refractivity contribution in [1.82, 2.24) is 4.98 Å². The molecule has 0 N–H and O–H groups in total. The maximum absolute atomic E-state index is 11.3. The zero-order chi connectivity index (χ0) is 12.2. The normalized spacial score (nSPS) is 10.9. The summed E-state index contributed by atoms with van der Waals surface area (Å²) in [6.07, 6.45) is 5.16. The smallest absolute Gasteiger partial charge is 0.363 e. The van der Waals surface area contributed by atoms with Gasteiger partial charge in [0.15, 0.2) is 5.75 Å². The molecule has 86 valence electrons. The highest BCUT2D eigenvalue weighted by Crippen LogP contribution is 2.29. The van der Waals surface area contributed by atoms with Crippen molar-refractivity contribution in [3.05, 3.63) is 36.7 Å². The van der Waals surface area contributed by atoms with E-state index in [0.717, 1.165) is 5.56 Å². The molecule has 0 unspecified atom stereocenters. The van der Waals surface area contributed by atoms with Crippen LogP contribution in [0.15, 0.2) is 31.1 Å². The molecule has 0 aromatic carbocycles. The minimum atomic E-state index is -2.10. The van der Waals surface area contributed by atoms with Gasteiger partial charge < -0.3 is 4.74 Å². The van der Waals surface area contributed by atoms with Crippen LogP contribution in [0.25, 0.3) is 0 Å². The molecule has 0 aliphatic carbocycles.